The molecule has 0 aromatic rings. The second-order valence-corrected chi connectivity index (χ2v) is 4.93. The van der Waals surface area contributed by atoms with E-state index in [1.54, 1.807) is 0 Å². The quantitative estimate of drug-likeness (QED) is 0.801. The summed E-state index contributed by atoms with van der Waals surface area (Å²) < 4.78 is 37.3. The van der Waals surface area contributed by atoms with E-state index in [1.165, 1.54) is 0 Å². The van der Waals surface area contributed by atoms with Gasteiger partial charge >= 0.3 is 12.1 Å². The molecular formula is C12H18F3NO4. The lowest BCUT2D eigenvalue weighted by Crippen LogP contribution is -2.47. The number of carbonyl (C=O) groups is 2. The number of carboxylic acids is 1. The summed E-state index contributed by atoms with van der Waals surface area (Å²) in [6, 6.07) is 0. The van der Waals surface area contributed by atoms with Gasteiger partial charge in [0.25, 0.3) is 0 Å². The Balaban J connectivity index is 2.83. The van der Waals surface area contributed by atoms with Crippen LogP contribution in [0.2, 0.25) is 0 Å². The third-order valence-electron chi connectivity index (χ3n) is 3.45. The number of carboxylic acid groups (broad SMARTS) is 1. The zero-order valence-corrected chi connectivity index (χ0v) is 10.9. The lowest BCUT2D eigenvalue weighted by Gasteiger charge is -2.32. The average Bonchev–Trinajstić information content (AvgIpc) is 2.36. The van der Waals surface area contributed by atoms with Crippen LogP contribution in [-0.2, 0) is 9.59 Å². The first-order chi connectivity index (χ1) is 9.26. The zero-order chi connectivity index (χ0) is 15.3. The second-order valence-electron chi connectivity index (χ2n) is 4.93. The molecule has 0 aromatic heterocycles. The van der Waals surface area contributed by atoms with Crippen molar-refractivity contribution in [2.24, 2.45) is 11.8 Å². The van der Waals surface area contributed by atoms with Crippen LogP contribution in [0.15, 0.2) is 0 Å². The average molecular weight is 297 g/mol. The Labute approximate surface area is 114 Å². The summed E-state index contributed by atoms with van der Waals surface area (Å²) in [6.07, 6.45) is -2.72. The van der Waals surface area contributed by atoms with Gasteiger partial charge in [-0.3, -0.25) is 9.59 Å². The van der Waals surface area contributed by atoms with Gasteiger partial charge in [0.15, 0.2) is 0 Å². The topological polar surface area (TPSA) is 77.8 Å². The van der Waals surface area contributed by atoms with Crippen molar-refractivity contribution in [3.63, 3.8) is 0 Å². The van der Waals surface area contributed by atoms with Crippen molar-refractivity contribution in [3.8, 4) is 0 Å². The van der Waals surface area contributed by atoms with Crippen LogP contribution >= 0.6 is 0 Å². The zero-order valence-electron chi connectivity index (χ0n) is 10.9. The van der Waals surface area contributed by atoms with Crippen LogP contribution in [0.3, 0.4) is 0 Å². The summed E-state index contributed by atoms with van der Waals surface area (Å²) in [6.45, 7) is -2.50. The van der Waals surface area contributed by atoms with Gasteiger partial charge in [-0.15, -0.1) is 0 Å². The van der Waals surface area contributed by atoms with Gasteiger partial charge in [0.1, 0.15) is 6.54 Å². The maximum atomic E-state index is 12.4. The van der Waals surface area contributed by atoms with Gasteiger partial charge in [-0.1, -0.05) is 12.8 Å². The number of aliphatic hydroxyl groups excluding tert-OH is 1. The Morgan fingerprint density at radius 2 is 1.70 bits per heavy atom. The molecule has 2 atom stereocenters. The molecule has 1 rings (SSSR count). The monoisotopic (exact) mass is 297 g/mol. The summed E-state index contributed by atoms with van der Waals surface area (Å²) in [5.41, 5.74) is 0. The van der Waals surface area contributed by atoms with E-state index >= 15 is 0 Å². The van der Waals surface area contributed by atoms with Gasteiger partial charge in [-0.2, -0.15) is 13.2 Å². The maximum absolute atomic E-state index is 12.4. The predicted octanol–water partition coefficient (Wildman–Crippen LogP) is 1.26. The third-order valence-corrected chi connectivity index (χ3v) is 3.45. The normalized spacial score (nSPS) is 23.4. The minimum absolute atomic E-state index is 0.273. The molecule has 1 aliphatic carbocycles. The first-order valence-electron chi connectivity index (χ1n) is 6.45. The molecule has 116 valence electrons. The standard InChI is InChI=1S/C12H18F3NO4/c13-12(14,15)7-16(5-6-17)10(18)8-3-1-2-4-9(8)11(19)20/h8-9,17H,1-7H2,(H,19,20). The number of hydrogen-bond acceptors (Lipinski definition) is 3. The molecule has 8 heteroatoms. The van der Waals surface area contributed by atoms with E-state index in [9.17, 15) is 22.8 Å². The number of halogens is 3. The molecule has 1 amide bonds. The lowest BCUT2D eigenvalue weighted by molar-refractivity contribution is -0.168. The Morgan fingerprint density at radius 1 is 1.15 bits per heavy atom. The van der Waals surface area contributed by atoms with Crippen molar-refractivity contribution in [3.05, 3.63) is 0 Å². The molecule has 0 saturated heterocycles. The van der Waals surface area contributed by atoms with E-state index in [4.69, 9.17) is 10.2 Å². The highest BCUT2D eigenvalue weighted by atomic mass is 19.4. The molecule has 2 N–H and O–H groups in total. The molecule has 0 spiro atoms. The van der Waals surface area contributed by atoms with Crippen LogP contribution in [-0.4, -0.2) is 52.9 Å². The Bertz CT molecular complexity index is 359. The van der Waals surface area contributed by atoms with Gasteiger partial charge in [-0.25, -0.2) is 0 Å². The third kappa shape index (κ3) is 4.66. The number of aliphatic carboxylic acids is 1. The number of aliphatic hydroxyl groups is 1. The Kier molecular flexibility index (Phi) is 5.79. The molecule has 0 aromatic carbocycles. The van der Waals surface area contributed by atoms with Crippen LogP contribution in [0.1, 0.15) is 25.7 Å². The first-order valence-corrected chi connectivity index (χ1v) is 6.45. The minimum Gasteiger partial charge on any atom is -0.481 e. The highest BCUT2D eigenvalue weighted by Crippen LogP contribution is 2.32. The van der Waals surface area contributed by atoms with Crippen molar-refractivity contribution < 1.29 is 33.0 Å². The van der Waals surface area contributed by atoms with E-state index in [0.29, 0.717) is 24.2 Å². The van der Waals surface area contributed by atoms with Crippen LogP contribution in [0.5, 0.6) is 0 Å². The van der Waals surface area contributed by atoms with E-state index in [1.807, 2.05) is 0 Å². The molecule has 1 saturated carbocycles. The number of nitrogens with zero attached hydrogens (tertiary/aromatic N) is 1. The van der Waals surface area contributed by atoms with Gasteiger partial charge in [0, 0.05) is 6.54 Å². The summed E-state index contributed by atoms with van der Waals surface area (Å²) in [4.78, 5) is 23.7. The molecule has 20 heavy (non-hydrogen) atoms. The van der Waals surface area contributed by atoms with Crippen LogP contribution in [0.25, 0.3) is 0 Å². The molecule has 0 bridgehead atoms. The first kappa shape index (κ1) is 16.7. The summed E-state index contributed by atoms with van der Waals surface area (Å²) in [7, 11) is 0. The molecule has 1 fully saturated rings. The van der Waals surface area contributed by atoms with Gasteiger partial charge < -0.3 is 15.1 Å². The summed E-state index contributed by atoms with van der Waals surface area (Å²) in [5.74, 6) is -3.86. The van der Waals surface area contributed by atoms with E-state index < -0.39 is 49.6 Å². The number of hydrogen-bond donors (Lipinski definition) is 2. The number of alkyl halides is 3. The maximum Gasteiger partial charge on any atom is 0.406 e. The molecule has 0 radical (unpaired) electrons. The molecule has 0 aliphatic heterocycles. The van der Waals surface area contributed by atoms with E-state index in [2.05, 4.69) is 0 Å². The van der Waals surface area contributed by atoms with Gasteiger partial charge in [0.05, 0.1) is 18.4 Å². The lowest BCUT2D eigenvalue weighted by atomic mass is 9.78. The smallest absolute Gasteiger partial charge is 0.406 e. The van der Waals surface area contributed by atoms with Crippen LogP contribution in [0, 0.1) is 11.8 Å². The molecule has 0 heterocycles. The molecule has 5 nitrogen and oxygen atoms in total. The van der Waals surface area contributed by atoms with Gasteiger partial charge in [0.2, 0.25) is 5.91 Å². The fraction of sp³-hybridized carbons (Fsp3) is 0.833. The SMILES string of the molecule is O=C(O)C1CCCCC1C(=O)N(CCO)CC(F)(F)F. The number of rotatable bonds is 5. The van der Waals surface area contributed by atoms with Crippen molar-refractivity contribution in [1.82, 2.24) is 4.90 Å². The largest absolute Gasteiger partial charge is 0.481 e. The highest BCUT2D eigenvalue weighted by Gasteiger charge is 2.40. The summed E-state index contributed by atoms with van der Waals surface area (Å²) >= 11 is 0. The van der Waals surface area contributed by atoms with Crippen LogP contribution in [0.4, 0.5) is 13.2 Å². The number of carbonyl (C=O) groups excluding carboxylic acids is 1. The van der Waals surface area contributed by atoms with E-state index in [-0.39, 0.29) is 6.42 Å². The highest BCUT2D eigenvalue weighted by molar-refractivity contribution is 5.85. The van der Waals surface area contributed by atoms with Crippen molar-refractivity contribution in [2.75, 3.05) is 19.7 Å². The number of amides is 1. The minimum atomic E-state index is -4.57. The van der Waals surface area contributed by atoms with Crippen LogP contribution < -0.4 is 0 Å². The molecule has 1 aliphatic rings. The van der Waals surface area contributed by atoms with E-state index in [0.717, 1.165) is 0 Å². The predicted molar refractivity (Wildman–Crippen MR) is 62.8 cm³/mol. The fourth-order valence-corrected chi connectivity index (χ4v) is 2.56. The molecule has 2 unspecified atom stereocenters. The van der Waals surface area contributed by atoms with Crippen molar-refractivity contribution in [2.45, 2.75) is 31.9 Å². The molecular weight excluding hydrogens is 279 g/mol. The fourth-order valence-electron chi connectivity index (χ4n) is 2.56. The summed E-state index contributed by atoms with van der Waals surface area (Å²) in [5, 5.41) is 17.8. The van der Waals surface area contributed by atoms with Crippen molar-refractivity contribution in [1.29, 1.82) is 0 Å². The van der Waals surface area contributed by atoms with Gasteiger partial charge in [-0.05, 0) is 12.8 Å². The Morgan fingerprint density at radius 3 is 2.15 bits per heavy atom. The Hall–Kier alpha value is -1.31. The second kappa shape index (κ2) is 6.92. The van der Waals surface area contributed by atoms with Crippen molar-refractivity contribution >= 4 is 11.9 Å².